The molecule has 0 aliphatic rings. The maximum atomic E-state index is 8.87. The van der Waals surface area contributed by atoms with E-state index in [1.165, 1.54) is 11.3 Å². The third-order valence-corrected chi connectivity index (χ3v) is 2.87. The van der Waals surface area contributed by atoms with Gasteiger partial charge in [-0.05, 0) is 6.92 Å². The number of thiazole rings is 1. The highest BCUT2D eigenvalue weighted by Gasteiger charge is 2.15. The van der Waals surface area contributed by atoms with E-state index in [1.54, 1.807) is 11.8 Å². The molecule has 0 N–H and O–H groups in total. The molecule has 0 saturated carbocycles. The van der Waals surface area contributed by atoms with Crippen molar-refractivity contribution < 1.29 is 4.74 Å². The Labute approximate surface area is 96.1 Å². The van der Waals surface area contributed by atoms with Gasteiger partial charge in [0.1, 0.15) is 11.8 Å². The molecule has 0 spiro atoms. The third-order valence-electron chi connectivity index (χ3n) is 1.94. The van der Waals surface area contributed by atoms with Crippen molar-refractivity contribution in [1.29, 1.82) is 5.26 Å². The predicted octanol–water partition coefficient (Wildman–Crippen LogP) is 1.05. The smallest absolute Gasteiger partial charge is 0.212 e. The number of hydrogen-bond donors (Lipinski definition) is 0. The van der Waals surface area contributed by atoms with Gasteiger partial charge in [0.25, 0.3) is 0 Å². The first kappa shape index (κ1) is 10.7. The Hall–Kier alpha value is -1.78. The zero-order chi connectivity index (χ0) is 11.5. The van der Waals surface area contributed by atoms with E-state index in [0.717, 1.165) is 5.69 Å². The molecular weight excluding hydrogens is 226 g/mol. The first-order chi connectivity index (χ1) is 7.76. The Morgan fingerprint density at radius 2 is 2.44 bits per heavy atom. The fourth-order valence-corrected chi connectivity index (χ4v) is 2.02. The lowest BCUT2D eigenvalue weighted by Gasteiger charge is -2.00. The molecule has 0 aliphatic carbocycles. The number of ether oxygens (including phenoxy) is 1. The fourth-order valence-electron chi connectivity index (χ4n) is 1.25. The minimum atomic E-state index is 0.273. The second-order valence-corrected chi connectivity index (χ2v) is 3.95. The minimum absolute atomic E-state index is 0.273. The highest BCUT2D eigenvalue weighted by Crippen LogP contribution is 2.17. The third kappa shape index (κ3) is 1.80. The number of aromatic nitrogens is 4. The van der Waals surface area contributed by atoms with Gasteiger partial charge in [0, 0.05) is 12.5 Å². The van der Waals surface area contributed by atoms with Crippen LogP contribution in [0.4, 0.5) is 0 Å². The largest absolute Gasteiger partial charge is 0.378 e. The molecule has 16 heavy (non-hydrogen) atoms. The zero-order valence-electron chi connectivity index (χ0n) is 8.84. The van der Waals surface area contributed by atoms with Crippen LogP contribution < -0.4 is 0 Å². The second-order valence-electron chi connectivity index (χ2n) is 3.11. The number of methoxy groups -OCH3 is 1. The van der Waals surface area contributed by atoms with Crippen LogP contribution in [0.3, 0.4) is 0 Å². The molecular formula is C9H9N5OS. The number of aryl methyl sites for hydroxylation is 1. The highest BCUT2D eigenvalue weighted by molar-refractivity contribution is 7.12. The van der Waals surface area contributed by atoms with E-state index in [-0.39, 0.29) is 12.3 Å². The van der Waals surface area contributed by atoms with Crippen LogP contribution in [0, 0.1) is 18.3 Å². The molecule has 2 aromatic heterocycles. The van der Waals surface area contributed by atoms with Gasteiger partial charge in [-0.2, -0.15) is 9.94 Å². The normalized spacial score (nSPS) is 10.3. The molecule has 2 aromatic rings. The molecule has 0 saturated heterocycles. The zero-order valence-corrected chi connectivity index (χ0v) is 9.65. The molecule has 0 atom stereocenters. The molecule has 82 valence electrons. The molecule has 0 aromatic carbocycles. The van der Waals surface area contributed by atoms with E-state index in [0.29, 0.717) is 10.8 Å². The average Bonchev–Trinajstić information content (AvgIpc) is 2.85. The Morgan fingerprint density at radius 3 is 3.00 bits per heavy atom. The van der Waals surface area contributed by atoms with E-state index >= 15 is 0 Å². The molecule has 0 amide bonds. The first-order valence-electron chi connectivity index (χ1n) is 4.52. The Balaban J connectivity index is 2.49. The summed E-state index contributed by atoms with van der Waals surface area (Å²) in [6.45, 7) is 2.19. The summed E-state index contributed by atoms with van der Waals surface area (Å²) in [6.07, 6.45) is 0. The summed E-state index contributed by atoms with van der Waals surface area (Å²) in [5.74, 6) is 0. The van der Waals surface area contributed by atoms with Gasteiger partial charge in [-0.1, -0.05) is 5.21 Å². The van der Waals surface area contributed by atoms with Gasteiger partial charge in [-0.15, -0.1) is 16.4 Å². The summed E-state index contributed by atoms with van der Waals surface area (Å²) in [5, 5.41) is 19.2. The number of nitrogens with zero attached hydrogens (tertiary/aromatic N) is 5. The van der Waals surface area contributed by atoms with Crippen LogP contribution in [-0.4, -0.2) is 27.1 Å². The maximum Gasteiger partial charge on any atom is 0.212 e. The maximum absolute atomic E-state index is 8.87. The summed E-state index contributed by atoms with van der Waals surface area (Å²) in [4.78, 5) is 4.29. The van der Waals surface area contributed by atoms with Crippen LogP contribution in [-0.2, 0) is 11.3 Å². The number of hydrogen-bond acceptors (Lipinski definition) is 6. The van der Waals surface area contributed by atoms with Crippen molar-refractivity contribution in [2.75, 3.05) is 7.11 Å². The van der Waals surface area contributed by atoms with Gasteiger partial charge in [-0.3, -0.25) is 0 Å². The Morgan fingerprint density at radius 1 is 1.62 bits per heavy atom. The van der Waals surface area contributed by atoms with Gasteiger partial charge < -0.3 is 4.74 Å². The molecule has 7 heteroatoms. The second kappa shape index (κ2) is 4.38. The van der Waals surface area contributed by atoms with Crippen molar-refractivity contribution in [1.82, 2.24) is 20.0 Å². The lowest BCUT2D eigenvalue weighted by Crippen LogP contribution is -2.04. The van der Waals surface area contributed by atoms with E-state index < -0.39 is 0 Å². The first-order valence-corrected chi connectivity index (χ1v) is 5.40. The van der Waals surface area contributed by atoms with Gasteiger partial charge in [0.15, 0.2) is 5.69 Å². The van der Waals surface area contributed by atoms with Crippen LogP contribution in [0.15, 0.2) is 5.38 Å². The lowest BCUT2D eigenvalue weighted by molar-refractivity contribution is 0.179. The standard InChI is InChI=1S/C9H9N5OS/c1-6-5-16-9(11-6)14-8(4-15-2)7(3-10)12-13-14/h5H,4H2,1-2H3. The van der Waals surface area contributed by atoms with Crippen LogP contribution in [0.25, 0.3) is 5.13 Å². The molecule has 6 nitrogen and oxygen atoms in total. The molecule has 0 fully saturated rings. The number of nitriles is 1. The summed E-state index contributed by atoms with van der Waals surface area (Å²) in [7, 11) is 1.56. The summed E-state index contributed by atoms with van der Waals surface area (Å²) >= 11 is 1.45. The summed E-state index contributed by atoms with van der Waals surface area (Å²) in [5.41, 5.74) is 1.81. The minimum Gasteiger partial charge on any atom is -0.378 e. The molecule has 2 rings (SSSR count). The fraction of sp³-hybridized carbons (Fsp3) is 0.333. The Kier molecular flexibility index (Phi) is 2.94. The molecule has 2 heterocycles. The van der Waals surface area contributed by atoms with Crippen LogP contribution in [0.1, 0.15) is 17.1 Å². The highest BCUT2D eigenvalue weighted by atomic mass is 32.1. The van der Waals surface area contributed by atoms with Gasteiger partial charge >= 0.3 is 0 Å². The van der Waals surface area contributed by atoms with Gasteiger partial charge in [-0.25, -0.2) is 4.98 Å². The SMILES string of the molecule is COCc1c(C#N)nnn1-c1nc(C)cs1. The summed E-state index contributed by atoms with van der Waals surface area (Å²) < 4.78 is 6.56. The molecule has 0 radical (unpaired) electrons. The molecule has 0 bridgehead atoms. The van der Waals surface area contributed by atoms with Crippen LogP contribution in [0.5, 0.6) is 0 Å². The molecule has 0 unspecified atom stereocenters. The van der Waals surface area contributed by atoms with Gasteiger partial charge in [0.2, 0.25) is 5.13 Å². The van der Waals surface area contributed by atoms with Crippen LogP contribution in [0.2, 0.25) is 0 Å². The van der Waals surface area contributed by atoms with Crippen molar-refractivity contribution in [3.8, 4) is 11.2 Å². The van der Waals surface area contributed by atoms with Crippen molar-refractivity contribution in [3.05, 3.63) is 22.5 Å². The van der Waals surface area contributed by atoms with Crippen molar-refractivity contribution in [3.63, 3.8) is 0 Å². The van der Waals surface area contributed by atoms with Crippen molar-refractivity contribution >= 4 is 11.3 Å². The molecule has 0 aliphatic heterocycles. The monoisotopic (exact) mass is 235 g/mol. The predicted molar refractivity (Wildman–Crippen MR) is 57.2 cm³/mol. The average molecular weight is 235 g/mol. The van der Waals surface area contributed by atoms with E-state index in [2.05, 4.69) is 15.3 Å². The van der Waals surface area contributed by atoms with Crippen LogP contribution >= 0.6 is 11.3 Å². The van der Waals surface area contributed by atoms with Gasteiger partial charge in [0.05, 0.1) is 12.3 Å². The quantitative estimate of drug-likeness (QED) is 0.794. The lowest BCUT2D eigenvalue weighted by atomic mass is 10.3. The topological polar surface area (TPSA) is 76.6 Å². The van der Waals surface area contributed by atoms with Crippen molar-refractivity contribution in [2.45, 2.75) is 13.5 Å². The van der Waals surface area contributed by atoms with E-state index in [4.69, 9.17) is 10.00 Å². The Bertz CT molecular complexity index is 538. The number of rotatable bonds is 3. The van der Waals surface area contributed by atoms with E-state index in [9.17, 15) is 0 Å². The van der Waals surface area contributed by atoms with E-state index in [1.807, 2.05) is 18.4 Å². The van der Waals surface area contributed by atoms with Crippen molar-refractivity contribution in [2.24, 2.45) is 0 Å². The summed E-state index contributed by atoms with van der Waals surface area (Å²) in [6, 6.07) is 1.98.